The highest BCUT2D eigenvalue weighted by Crippen LogP contribution is 2.28. The van der Waals surface area contributed by atoms with Crippen molar-refractivity contribution < 1.29 is 0 Å². The zero-order valence-corrected chi connectivity index (χ0v) is 9.51. The average molecular weight is 213 g/mol. The zero-order chi connectivity index (χ0) is 10.1. The van der Waals surface area contributed by atoms with Gasteiger partial charge in [0.2, 0.25) is 0 Å². The summed E-state index contributed by atoms with van der Waals surface area (Å²) in [6.45, 7) is 5.44. The van der Waals surface area contributed by atoms with Gasteiger partial charge >= 0.3 is 0 Å². The fraction of sp³-hybridized carbons (Fsp3) is 0.636. The Hall–Kier alpha value is -0.470. The first-order chi connectivity index (χ1) is 6.68. The van der Waals surface area contributed by atoms with Crippen molar-refractivity contribution in [3.8, 4) is 0 Å². The molecule has 0 aliphatic carbocycles. The van der Waals surface area contributed by atoms with E-state index in [0.717, 1.165) is 11.7 Å². The van der Waals surface area contributed by atoms with Crippen LogP contribution >= 0.6 is 11.6 Å². The first-order valence-corrected chi connectivity index (χ1v) is 5.67. The molecule has 1 fully saturated rings. The fourth-order valence-electron chi connectivity index (χ4n) is 2.03. The summed E-state index contributed by atoms with van der Waals surface area (Å²) in [6.07, 6.45) is 4.68. The molecule has 1 aromatic rings. The molecule has 1 aliphatic heterocycles. The minimum absolute atomic E-state index is 0.442. The standard InChI is InChI=1S/C11H17ClN2/c1-8(2)14-7-9(6-11(14)12)10-4-3-5-13-10/h6-8,10,13H,3-5H2,1-2H3. The Labute approximate surface area is 90.3 Å². The average Bonchev–Trinajstić information content (AvgIpc) is 2.70. The van der Waals surface area contributed by atoms with Crippen LogP contribution in [-0.4, -0.2) is 11.1 Å². The van der Waals surface area contributed by atoms with Crippen LogP contribution in [0.5, 0.6) is 0 Å². The lowest BCUT2D eigenvalue weighted by atomic mass is 10.1. The largest absolute Gasteiger partial charge is 0.336 e. The quantitative estimate of drug-likeness (QED) is 0.797. The first kappa shape index (κ1) is 10.1. The maximum Gasteiger partial charge on any atom is 0.109 e. The summed E-state index contributed by atoms with van der Waals surface area (Å²) in [6, 6.07) is 3.05. The van der Waals surface area contributed by atoms with E-state index in [4.69, 9.17) is 11.6 Å². The van der Waals surface area contributed by atoms with Crippen molar-refractivity contribution in [2.24, 2.45) is 0 Å². The fourth-order valence-corrected chi connectivity index (χ4v) is 2.40. The molecule has 1 saturated heterocycles. The van der Waals surface area contributed by atoms with E-state index >= 15 is 0 Å². The maximum atomic E-state index is 6.15. The van der Waals surface area contributed by atoms with Gasteiger partial charge in [-0.05, 0) is 44.9 Å². The van der Waals surface area contributed by atoms with Crippen molar-refractivity contribution >= 4 is 11.6 Å². The number of hydrogen-bond acceptors (Lipinski definition) is 1. The second-order valence-corrected chi connectivity index (χ2v) is 4.63. The second kappa shape index (κ2) is 3.95. The topological polar surface area (TPSA) is 17.0 Å². The lowest BCUT2D eigenvalue weighted by Crippen LogP contribution is -2.12. The highest BCUT2D eigenvalue weighted by molar-refractivity contribution is 6.29. The summed E-state index contributed by atoms with van der Waals surface area (Å²) in [4.78, 5) is 0. The molecule has 0 amide bonds. The third-order valence-corrected chi connectivity index (χ3v) is 3.14. The molecule has 14 heavy (non-hydrogen) atoms. The summed E-state index contributed by atoms with van der Waals surface area (Å²) in [5.41, 5.74) is 1.33. The summed E-state index contributed by atoms with van der Waals surface area (Å²) >= 11 is 6.15. The van der Waals surface area contributed by atoms with Gasteiger partial charge in [-0.15, -0.1) is 0 Å². The normalized spacial score (nSPS) is 22.1. The van der Waals surface area contributed by atoms with E-state index in [2.05, 4.69) is 36.0 Å². The van der Waals surface area contributed by atoms with Crippen LogP contribution in [0.2, 0.25) is 5.15 Å². The van der Waals surface area contributed by atoms with Crippen molar-refractivity contribution in [1.82, 2.24) is 9.88 Å². The molecule has 0 radical (unpaired) electrons. The molecule has 1 N–H and O–H groups in total. The van der Waals surface area contributed by atoms with Crippen molar-refractivity contribution in [2.75, 3.05) is 6.54 Å². The van der Waals surface area contributed by atoms with Crippen LogP contribution in [0, 0.1) is 0 Å². The van der Waals surface area contributed by atoms with E-state index in [1.807, 2.05) is 0 Å². The zero-order valence-electron chi connectivity index (χ0n) is 8.76. The molecule has 0 spiro atoms. The lowest BCUT2D eigenvalue weighted by molar-refractivity contribution is 0.594. The van der Waals surface area contributed by atoms with E-state index in [-0.39, 0.29) is 0 Å². The van der Waals surface area contributed by atoms with E-state index in [1.165, 1.54) is 18.4 Å². The van der Waals surface area contributed by atoms with Crippen molar-refractivity contribution in [1.29, 1.82) is 0 Å². The van der Waals surface area contributed by atoms with Crippen molar-refractivity contribution in [2.45, 2.75) is 38.8 Å². The molecule has 0 bridgehead atoms. The number of hydrogen-bond donors (Lipinski definition) is 1. The molecule has 3 heteroatoms. The SMILES string of the molecule is CC(C)n1cc(C2CCCN2)cc1Cl. The molecular formula is C11H17ClN2. The predicted octanol–water partition coefficient (Wildman–Crippen LogP) is 3.15. The molecule has 0 saturated carbocycles. The number of nitrogens with one attached hydrogen (secondary N) is 1. The van der Waals surface area contributed by atoms with Crippen molar-refractivity contribution in [3.63, 3.8) is 0 Å². The molecule has 2 heterocycles. The molecule has 78 valence electrons. The van der Waals surface area contributed by atoms with Gasteiger partial charge in [0.05, 0.1) is 0 Å². The Morgan fingerprint density at radius 1 is 1.57 bits per heavy atom. The number of nitrogens with zero attached hydrogens (tertiary/aromatic N) is 1. The van der Waals surface area contributed by atoms with Gasteiger partial charge in [-0.3, -0.25) is 0 Å². The van der Waals surface area contributed by atoms with Crippen LogP contribution in [0.3, 0.4) is 0 Å². The molecule has 2 nitrogen and oxygen atoms in total. The Bertz CT molecular complexity index is 311. The van der Waals surface area contributed by atoms with Crippen LogP contribution in [0.25, 0.3) is 0 Å². The minimum Gasteiger partial charge on any atom is -0.336 e. The molecule has 1 aromatic heterocycles. The van der Waals surface area contributed by atoms with Crippen LogP contribution in [-0.2, 0) is 0 Å². The van der Waals surface area contributed by atoms with Crippen LogP contribution in [0.4, 0.5) is 0 Å². The van der Waals surface area contributed by atoms with E-state index < -0.39 is 0 Å². The Balaban J connectivity index is 2.22. The number of aromatic nitrogens is 1. The number of halogens is 1. The molecule has 2 rings (SSSR count). The third kappa shape index (κ3) is 1.82. The summed E-state index contributed by atoms with van der Waals surface area (Å²) in [7, 11) is 0. The second-order valence-electron chi connectivity index (χ2n) is 4.25. The molecular weight excluding hydrogens is 196 g/mol. The molecule has 1 aliphatic rings. The van der Waals surface area contributed by atoms with E-state index in [1.54, 1.807) is 0 Å². The molecule has 1 unspecified atom stereocenters. The predicted molar refractivity (Wildman–Crippen MR) is 59.8 cm³/mol. The highest BCUT2D eigenvalue weighted by atomic mass is 35.5. The van der Waals surface area contributed by atoms with Gasteiger partial charge in [0, 0.05) is 18.3 Å². The highest BCUT2D eigenvalue weighted by Gasteiger charge is 2.18. The Morgan fingerprint density at radius 3 is 2.86 bits per heavy atom. The summed E-state index contributed by atoms with van der Waals surface area (Å²) < 4.78 is 2.12. The number of rotatable bonds is 2. The van der Waals surface area contributed by atoms with Gasteiger partial charge in [0.25, 0.3) is 0 Å². The van der Waals surface area contributed by atoms with Gasteiger partial charge in [0.1, 0.15) is 5.15 Å². The minimum atomic E-state index is 0.442. The van der Waals surface area contributed by atoms with Crippen molar-refractivity contribution in [3.05, 3.63) is 23.0 Å². The van der Waals surface area contributed by atoms with Gasteiger partial charge < -0.3 is 9.88 Å². The summed E-state index contributed by atoms with van der Waals surface area (Å²) in [5, 5.41) is 4.33. The maximum absolute atomic E-state index is 6.15. The third-order valence-electron chi connectivity index (χ3n) is 2.84. The van der Waals surface area contributed by atoms with Crippen LogP contribution in [0.15, 0.2) is 12.3 Å². The van der Waals surface area contributed by atoms with Gasteiger partial charge in [0.15, 0.2) is 0 Å². The van der Waals surface area contributed by atoms with Gasteiger partial charge in [-0.2, -0.15) is 0 Å². The monoisotopic (exact) mass is 212 g/mol. The van der Waals surface area contributed by atoms with Gasteiger partial charge in [-0.25, -0.2) is 0 Å². The van der Waals surface area contributed by atoms with E-state index in [9.17, 15) is 0 Å². The Kier molecular flexibility index (Phi) is 2.84. The van der Waals surface area contributed by atoms with Crippen LogP contribution < -0.4 is 5.32 Å². The lowest BCUT2D eigenvalue weighted by Gasteiger charge is -2.09. The Morgan fingerprint density at radius 2 is 2.36 bits per heavy atom. The summed E-state index contributed by atoms with van der Waals surface area (Å²) in [5.74, 6) is 0. The molecule has 1 atom stereocenters. The van der Waals surface area contributed by atoms with Gasteiger partial charge in [-0.1, -0.05) is 11.6 Å². The van der Waals surface area contributed by atoms with E-state index in [0.29, 0.717) is 12.1 Å². The van der Waals surface area contributed by atoms with Crippen LogP contribution in [0.1, 0.15) is 44.3 Å². The smallest absolute Gasteiger partial charge is 0.109 e. The molecule has 0 aromatic carbocycles. The first-order valence-electron chi connectivity index (χ1n) is 5.29.